The van der Waals surface area contributed by atoms with Gasteiger partial charge in [0.05, 0.1) is 0 Å². The fraction of sp³-hybridized carbons (Fsp3) is 0.600. The van der Waals surface area contributed by atoms with Crippen molar-refractivity contribution in [2.75, 3.05) is 33.2 Å². The second kappa shape index (κ2) is 9.93. The van der Waals surface area contributed by atoms with Crippen molar-refractivity contribution < 1.29 is 9.59 Å². The molecule has 1 aliphatic heterocycles. The van der Waals surface area contributed by atoms with E-state index in [1.54, 1.807) is 0 Å². The summed E-state index contributed by atoms with van der Waals surface area (Å²) in [5.74, 6) is 0.274. The summed E-state index contributed by atoms with van der Waals surface area (Å²) < 4.78 is 0. The van der Waals surface area contributed by atoms with Crippen molar-refractivity contribution in [3.63, 3.8) is 0 Å². The van der Waals surface area contributed by atoms with E-state index in [4.69, 9.17) is 11.6 Å². The Balaban J connectivity index is 1.92. The molecule has 26 heavy (non-hydrogen) atoms. The second-order valence-electron chi connectivity index (χ2n) is 7.47. The van der Waals surface area contributed by atoms with Crippen molar-refractivity contribution in [2.24, 2.45) is 5.92 Å². The average molecular weight is 380 g/mol. The predicted octanol–water partition coefficient (Wildman–Crippen LogP) is 2.58. The Hall–Kier alpha value is -1.59. The number of likely N-dealkylation sites (N-methyl/N-ethyl adjacent to an activating group) is 1. The monoisotopic (exact) mass is 379 g/mol. The molecular weight excluding hydrogens is 350 g/mol. The number of amides is 2. The number of halogens is 1. The highest BCUT2D eigenvalue weighted by atomic mass is 35.5. The zero-order chi connectivity index (χ0) is 19.1. The van der Waals surface area contributed by atoms with E-state index in [1.807, 2.05) is 29.2 Å². The van der Waals surface area contributed by atoms with E-state index in [0.717, 1.165) is 31.7 Å². The van der Waals surface area contributed by atoms with Crippen LogP contribution in [0, 0.1) is 5.92 Å². The maximum atomic E-state index is 12.9. The standard InChI is InChI=1S/C20H30ClN3O2/c1-15(2)14-18(20(26)24-12-10-23(3)11-13-24)22-19(25)9-8-16-6-4-5-7-17(16)21/h4-7,15,18H,8-14H2,1-3H3,(H,22,25). The molecule has 5 nitrogen and oxygen atoms in total. The minimum absolute atomic E-state index is 0.0397. The summed E-state index contributed by atoms with van der Waals surface area (Å²) >= 11 is 6.15. The lowest BCUT2D eigenvalue weighted by atomic mass is 10.0. The summed E-state index contributed by atoms with van der Waals surface area (Å²) in [7, 11) is 2.06. The maximum Gasteiger partial charge on any atom is 0.245 e. The number of carbonyl (C=O) groups is 2. The summed E-state index contributed by atoms with van der Waals surface area (Å²) in [4.78, 5) is 29.4. The van der Waals surface area contributed by atoms with E-state index < -0.39 is 6.04 Å². The molecule has 1 aliphatic rings. The number of nitrogens with zero attached hydrogens (tertiary/aromatic N) is 2. The molecule has 1 fully saturated rings. The van der Waals surface area contributed by atoms with Crippen LogP contribution in [0.1, 0.15) is 32.3 Å². The Kier molecular flexibility index (Phi) is 7.91. The number of rotatable bonds is 7. The molecule has 6 heteroatoms. The summed E-state index contributed by atoms with van der Waals surface area (Å²) in [6.07, 6.45) is 1.56. The van der Waals surface area contributed by atoms with Crippen molar-refractivity contribution in [3.8, 4) is 0 Å². The van der Waals surface area contributed by atoms with Crippen LogP contribution in [0.15, 0.2) is 24.3 Å². The zero-order valence-corrected chi connectivity index (χ0v) is 16.8. The van der Waals surface area contributed by atoms with Gasteiger partial charge in [0.1, 0.15) is 6.04 Å². The molecule has 1 N–H and O–H groups in total. The third kappa shape index (κ3) is 6.29. The first kappa shape index (κ1) is 20.7. The molecule has 1 aromatic rings. The summed E-state index contributed by atoms with van der Waals surface area (Å²) in [6, 6.07) is 7.10. The second-order valence-corrected chi connectivity index (χ2v) is 7.88. The molecule has 0 spiro atoms. The van der Waals surface area contributed by atoms with Crippen LogP contribution in [0.5, 0.6) is 0 Å². The lowest BCUT2D eigenvalue weighted by Gasteiger charge is -2.35. The fourth-order valence-corrected chi connectivity index (χ4v) is 3.39. The molecule has 0 saturated carbocycles. The van der Waals surface area contributed by atoms with Gasteiger partial charge in [-0.2, -0.15) is 0 Å². The molecule has 0 bridgehead atoms. The summed E-state index contributed by atoms with van der Waals surface area (Å²) in [5.41, 5.74) is 0.954. The van der Waals surface area contributed by atoms with Gasteiger partial charge in [-0.15, -0.1) is 0 Å². The molecule has 2 rings (SSSR count). The molecular formula is C20H30ClN3O2. The highest BCUT2D eigenvalue weighted by Gasteiger charge is 2.28. The first-order chi connectivity index (χ1) is 12.4. The predicted molar refractivity (Wildman–Crippen MR) is 105 cm³/mol. The van der Waals surface area contributed by atoms with Crippen LogP contribution in [0.3, 0.4) is 0 Å². The van der Waals surface area contributed by atoms with E-state index >= 15 is 0 Å². The third-order valence-electron chi connectivity index (χ3n) is 4.73. The van der Waals surface area contributed by atoms with Crippen LogP contribution in [0.25, 0.3) is 0 Å². The first-order valence-corrected chi connectivity index (χ1v) is 9.74. The van der Waals surface area contributed by atoms with Crippen molar-refractivity contribution in [3.05, 3.63) is 34.9 Å². The Morgan fingerprint density at radius 3 is 2.42 bits per heavy atom. The number of benzene rings is 1. The van der Waals surface area contributed by atoms with E-state index in [2.05, 4.69) is 31.1 Å². The molecule has 2 amide bonds. The van der Waals surface area contributed by atoms with Gasteiger partial charge >= 0.3 is 0 Å². The molecule has 1 unspecified atom stereocenters. The minimum atomic E-state index is -0.447. The van der Waals surface area contributed by atoms with Crippen molar-refractivity contribution >= 4 is 23.4 Å². The van der Waals surface area contributed by atoms with Gasteiger partial charge in [-0.05, 0) is 37.4 Å². The van der Waals surface area contributed by atoms with Gasteiger partial charge in [0.25, 0.3) is 0 Å². The van der Waals surface area contributed by atoms with E-state index in [9.17, 15) is 9.59 Å². The highest BCUT2D eigenvalue weighted by Crippen LogP contribution is 2.17. The van der Waals surface area contributed by atoms with E-state index in [0.29, 0.717) is 30.2 Å². The molecule has 144 valence electrons. The summed E-state index contributed by atoms with van der Waals surface area (Å²) in [6.45, 7) is 7.33. The Morgan fingerprint density at radius 2 is 1.81 bits per heavy atom. The number of nitrogens with one attached hydrogen (secondary N) is 1. The van der Waals surface area contributed by atoms with Crippen molar-refractivity contribution in [1.82, 2.24) is 15.1 Å². The Bertz CT molecular complexity index is 613. The lowest BCUT2D eigenvalue weighted by molar-refractivity contribution is -0.138. The molecule has 0 aromatic heterocycles. The third-order valence-corrected chi connectivity index (χ3v) is 5.10. The normalized spacial score (nSPS) is 16.6. The molecule has 1 atom stereocenters. The van der Waals surface area contributed by atoms with Gasteiger partial charge < -0.3 is 15.1 Å². The van der Waals surface area contributed by atoms with Gasteiger partial charge in [0.2, 0.25) is 11.8 Å². The number of hydrogen-bond donors (Lipinski definition) is 1. The molecule has 1 saturated heterocycles. The van der Waals surface area contributed by atoms with Crippen LogP contribution >= 0.6 is 11.6 Å². The number of carbonyl (C=O) groups excluding carboxylic acids is 2. The number of aryl methyl sites for hydroxylation is 1. The first-order valence-electron chi connectivity index (χ1n) is 9.37. The van der Waals surface area contributed by atoms with Gasteiger partial charge in [-0.3, -0.25) is 9.59 Å². The van der Waals surface area contributed by atoms with Gasteiger partial charge in [0.15, 0.2) is 0 Å². The van der Waals surface area contributed by atoms with Crippen LogP contribution in [0.2, 0.25) is 5.02 Å². The number of piperazine rings is 1. The van der Waals surface area contributed by atoms with Crippen molar-refractivity contribution in [2.45, 2.75) is 39.2 Å². The SMILES string of the molecule is CC(C)CC(NC(=O)CCc1ccccc1Cl)C(=O)N1CCN(C)CC1. The Morgan fingerprint density at radius 1 is 1.15 bits per heavy atom. The molecule has 0 radical (unpaired) electrons. The summed E-state index contributed by atoms with van der Waals surface area (Å²) in [5, 5.41) is 3.63. The van der Waals surface area contributed by atoms with Gasteiger partial charge in [0, 0.05) is 37.6 Å². The van der Waals surface area contributed by atoms with Crippen LogP contribution in [-0.4, -0.2) is 60.9 Å². The molecule has 1 aromatic carbocycles. The van der Waals surface area contributed by atoms with Gasteiger partial charge in [-0.25, -0.2) is 0 Å². The minimum Gasteiger partial charge on any atom is -0.344 e. The Labute approximate surface area is 161 Å². The molecule has 1 heterocycles. The van der Waals surface area contributed by atoms with Crippen LogP contribution in [-0.2, 0) is 16.0 Å². The van der Waals surface area contributed by atoms with Crippen LogP contribution < -0.4 is 5.32 Å². The average Bonchev–Trinajstić information content (AvgIpc) is 2.60. The highest BCUT2D eigenvalue weighted by molar-refractivity contribution is 6.31. The van der Waals surface area contributed by atoms with Crippen molar-refractivity contribution in [1.29, 1.82) is 0 Å². The maximum absolute atomic E-state index is 12.9. The smallest absolute Gasteiger partial charge is 0.245 e. The zero-order valence-electron chi connectivity index (χ0n) is 16.0. The van der Waals surface area contributed by atoms with E-state index in [-0.39, 0.29) is 11.8 Å². The van der Waals surface area contributed by atoms with Gasteiger partial charge in [-0.1, -0.05) is 43.6 Å². The fourth-order valence-electron chi connectivity index (χ4n) is 3.16. The van der Waals surface area contributed by atoms with E-state index in [1.165, 1.54) is 0 Å². The largest absolute Gasteiger partial charge is 0.344 e. The van der Waals surface area contributed by atoms with Crippen LogP contribution in [0.4, 0.5) is 0 Å². The number of hydrogen-bond acceptors (Lipinski definition) is 3. The lowest BCUT2D eigenvalue weighted by Crippen LogP contribution is -2.54. The topological polar surface area (TPSA) is 52.7 Å². The molecule has 0 aliphatic carbocycles. The quantitative estimate of drug-likeness (QED) is 0.792.